The molecule has 0 radical (unpaired) electrons. The van der Waals surface area contributed by atoms with E-state index in [1.807, 2.05) is 14.0 Å². The van der Waals surface area contributed by atoms with Crippen LogP contribution in [0.4, 0.5) is 10.1 Å². The van der Waals surface area contributed by atoms with Crippen LogP contribution in [0.2, 0.25) is 0 Å². The minimum Gasteiger partial charge on any atom is -0.478 e. The molecule has 1 aromatic heterocycles. The van der Waals surface area contributed by atoms with Gasteiger partial charge in [-0.2, -0.15) is 0 Å². The molecule has 0 aliphatic rings. The van der Waals surface area contributed by atoms with Gasteiger partial charge < -0.3 is 10.0 Å². The number of aryl methyl sites for hydroxylation is 1. The number of carbonyl (C=O) groups is 1. The predicted octanol–water partition coefficient (Wildman–Crippen LogP) is 3.32. The number of aliphatic carboxylic acids is 1. The second-order valence-corrected chi connectivity index (χ2v) is 5.54. The fourth-order valence-electron chi connectivity index (χ4n) is 1.88. The molecule has 0 atom stereocenters. The molecule has 1 heterocycles. The molecule has 0 unspecified atom stereocenters. The van der Waals surface area contributed by atoms with Crippen molar-refractivity contribution < 1.29 is 14.3 Å². The number of benzene rings is 1. The van der Waals surface area contributed by atoms with Crippen molar-refractivity contribution in [2.45, 2.75) is 13.5 Å². The maximum Gasteiger partial charge on any atom is 0.328 e. The van der Waals surface area contributed by atoms with Crippen molar-refractivity contribution in [1.82, 2.24) is 4.98 Å². The van der Waals surface area contributed by atoms with E-state index in [-0.39, 0.29) is 5.82 Å². The van der Waals surface area contributed by atoms with Gasteiger partial charge in [-0.05, 0) is 30.7 Å². The zero-order valence-corrected chi connectivity index (χ0v) is 12.5. The summed E-state index contributed by atoms with van der Waals surface area (Å²) in [5.74, 6) is -1.44. The molecule has 0 saturated carbocycles. The third kappa shape index (κ3) is 3.88. The molecule has 0 aliphatic carbocycles. The van der Waals surface area contributed by atoms with Crippen molar-refractivity contribution in [3.05, 3.63) is 51.7 Å². The zero-order valence-electron chi connectivity index (χ0n) is 11.7. The average Bonchev–Trinajstić information content (AvgIpc) is 2.82. The Morgan fingerprint density at radius 3 is 2.86 bits per heavy atom. The van der Waals surface area contributed by atoms with Gasteiger partial charge in [0.15, 0.2) is 0 Å². The number of thiazole rings is 1. The van der Waals surface area contributed by atoms with Crippen molar-refractivity contribution in [2.24, 2.45) is 0 Å². The van der Waals surface area contributed by atoms with Crippen molar-refractivity contribution in [2.75, 3.05) is 11.9 Å². The first kappa shape index (κ1) is 15.2. The van der Waals surface area contributed by atoms with E-state index < -0.39 is 5.97 Å². The highest BCUT2D eigenvalue weighted by Crippen LogP contribution is 2.23. The minimum atomic E-state index is -1.06. The summed E-state index contributed by atoms with van der Waals surface area (Å²) in [5.41, 5.74) is 3.71. The monoisotopic (exact) mass is 306 g/mol. The molecule has 0 spiro atoms. The zero-order chi connectivity index (χ0) is 15.4. The molecule has 0 amide bonds. The summed E-state index contributed by atoms with van der Waals surface area (Å²) < 4.78 is 14.1. The van der Waals surface area contributed by atoms with Gasteiger partial charge in [0.05, 0.1) is 23.4 Å². The van der Waals surface area contributed by atoms with E-state index in [0.29, 0.717) is 17.8 Å². The lowest BCUT2D eigenvalue weighted by molar-refractivity contribution is -0.131. The Hall–Kier alpha value is -2.21. The van der Waals surface area contributed by atoms with Crippen molar-refractivity contribution in [3.8, 4) is 0 Å². The van der Waals surface area contributed by atoms with Gasteiger partial charge in [-0.3, -0.25) is 0 Å². The lowest BCUT2D eigenvalue weighted by Gasteiger charge is -2.19. The normalized spacial score (nSPS) is 11.0. The van der Waals surface area contributed by atoms with Gasteiger partial charge >= 0.3 is 5.97 Å². The summed E-state index contributed by atoms with van der Waals surface area (Å²) in [6.07, 6.45) is 2.35. The lowest BCUT2D eigenvalue weighted by Crippen LogP contribution is -2.17. The summed E-state index contributed by atoms with van der Waals surface area (Å²) in [6.45, 7) is 2.51. The van der Waals surface area contributed by atoms with Crippen LogP contribution in [-0.2, 0) is 11.3 Å². The molecular formula is C15H15FN2O2S. The maximum atomic E-state index is 14.1. The van der Waals surface area contributed by atoms with Gasteiger partial charge in [0, 0.05) is 18.0 Å². The van der Waals surface area contributed by atoms with Crippen molar-refractivity contribution in [1.29, 1.82) is 0 Å². The fourth-order valence-corrected chi connectivity index (χ4v) is 2.71. The van der Waals surface area contributed by atoms with Crippen LogP contribution in [0.15, 0.2) is 29.8 Å². The number of rotatable bonds is 5. The van der Waals surface area contributed by atoms with Gasteiger partial charge in [-0.1, -0.05) is 6.07 Å². The van der Waals surface area contributed by atoms with Crippen LogP contribution < -0.4 is 4.90 Å². The number of anilines is 1. The standard InChI is InChI=1S/C15H15FN2O2S/c1-10-14(21-9-17-10)8-18(2)13-5-3-11(7-12(13)16)4-6-15(19)20/h3-7,9H,8H2,1-2H3,(H,19,20). The molecular weight excluding hydrogens is 291 g/mol. The molecule has 1 aromatic carbocycles. The molecule has 21 heavy (non-hydrogen) atoms. The number of hydrogen-bond acceptors (Lipinski definition) is 4. The molecule has 6 heteroatoms. The molecule has 4 nitrogen and oxygen atoms in total. The van der Waals surface area contributed by atoms with Gasteiger partial charge in [0.25, 0.3) is 0 Å². The molecule has 2 rings (SSSR count). The van der Waals surface area contributed by atoms with E-state index in [1.54, 1.807) is 33.9 Å². The Morgan fingerprint density at radius 1 is 1.52 bits per heavy atom. The largest absolute Gasteiger partial charge is 0.478 e. The lowest BCUT2D eigenvalue weighted by atomic mass is 10.1. The number of aromatic nitrogens is 1. The topological polar surface area (TPSA) is 53.4 Å². The minimum absolute atomic E-state index is 0.382. The second-order valence-electron chi connectivity index (χ2n) is 4.60. The van der Waals surface area contributed by atoms with E-state index in [4.69, 9.17) is 5.11 Å². The number of halogens is 1. The molecule has 2 aromatic rings. The van der Waals surface area contributed by atoms with E-state index in [0.717, 1.165) is 16.6 Å². The summed E-state index contributed by atoms with van der Waals surface area (Å²) >= 11 is 1.54. The number of carboxylic acid groups (broad SMARTS) is 1. The molecule has 0 saturated heterocycles. The van der Waals surface area contributed by atoms with Crippen LogP contribution in [0.5, 0.6) is 0 Å². The van der Waals surface area contributed by atoms with Crippen LogP contribution in [0.25, 0.3) is 6.08 Å². The third-order valence-corrected chi connectivity index (χ3v) is 3.95. The third-order valence-electron chi connectivity index (χ3n) is 3.03. The van der Waals surface area contributed by atoms with Gasteiger partial charge in [0.1, 0.15) is 5.82 Å². The van der Waals surface area contributed by atoms with Crippen LogP contribution in [0.1, 0.15) is 16.1 Å². The first-order valence-electron chi connectivity index (χ1n) is 6.28. The van der Waals surface area contributed by atoms with Gasteiger partial charge in [0.2, 0.25) is 0 Å². The van der Waals surface area contributed by atoms with E-state index in [1.165, 1.54) is 12.1 Å². The molecule has 1 N–H and O–H groups in total. The highest BCUT2D eigenvalue weighted by molar-refractivity contribution is 7.09. The summed E-state index contributed by atoms with van der Waals surface area (Å²) in [4.78, 5) is 17.5. The summed E-state index contributed by atoms with van der Waals surface area (Å²) in [5, 5.41) is 8.56. The smallest absolute Gasteiger partial charge is 0.328 e. The number of carboxylic acids is 1. The average molecular weight is 306 g/mol. The van der Waals surface area contributed by atoms with Crippen LogP contribution in [-0.4, -0.2) is 23.1 Å². The van der Waals surface area contributed by atoms with E-state index >= 15 is 0 Å². The molecule has 110 valence electrons. The molecule has 0 aliphatic heterocycles. The van der Waals surface area contributed by atoms with Crippen LogP contribution in [0, 0.1) is 12.7 Å². The van der Waals surface area contributed by atoms with Gasteiger partial charge in [-0.15, -0.1) is 11.3 Å². The maximum absolute atomic E-state index is 14.1. The number of hydrogen-bond donors (Lipinski definition) is 1. The fraction of sp³-hybridized carbons (Fsp3) is 0.200. The Labute approximate surface area is 126 Å². The van der Waals surface area contributed by atoms with Crippen LogP contribution >= 0.6 is 11.3 Å². The SMILES string of the molecule is Cc1ncsc1CN(C)c1ccc(C=CC(=O)O)cc1F. The highest BCUT2D eigenvalue weighted by atomic mass is 32.1. The van der Waals surface area contributed by atoms with Crippen LogP contribution in [0.3, 0.4) is 0 Å². The van der Waals surface area contributed by atoms with Crippen molar-refractivity contribution >= 4 is 29.1 Å². The first-order valence-corrected chi connectivity index (χ1v) is 7.16. The Kier molecular flexibility index (Phi) is 4.70. The molecule has 0 bridgehead atoms. The highest BCUT2D eigenvalue weighted by Gasteiger charge is 2.11. The quantitative estimate of drug-likeness (QED) is 0.861. The predicted molar refractivity (Wildman–Crippen MR) is 82.0 cm³/mol. The Balaban J connectivity index is 2.16. The first-order chi connectivity index (χ1) is 9.97. The summed E-state index contributed by atoms with van der Waals surface area (Å²) in [6, 6.07) is 4.66. The van der Waals surface area contributed by atoms with Gasteiger partial charge in [-0.25, -0.2) is 14.2 Å². The van der Waals surface area contributed by atoms with Crippen molar-refractivity contribution in [3.63, 3.8) is 0 Å². The van der Waals surface area contributed by atoms with E-state index in [9.17, 15) is 9.18 Å². The second kappa shape index (κ2) is 6.49. The summed E-state index contributed by atoms with van der Waals surface area (Å²) in [7, 11) is 1.81. The van der Waals surface area contributed by atoms with E-state index in [2.05, 4.69) is 4.98 Å². The Bertz CT molecular complexity index is 682. The molecule has 0 fully saturated rings. The number of nitrogens with zero attached hydrogens (tertiary/aromatic N) is 2. The Morgan fingerprint density at radius 2 is 2.29 bits per heavy atom.